The second kappa shape index (κ2) is 12.1. The molecule has 1 aromatic heterocycles. The molecule has 1 unspecified atom stereocenters. The Bertz CT molecular complexity index is 1770. The van der Waals surface area contributed by atoms with E-state index in [-0.39, 0.29) is 19.8 Å². The van der Waals surface area contributed by atoms with Gasteiger partial charge in [-0.3, -0.25) is 0 Å². The maximum absolute atomic E-state index is 11.6. The predicted molar refractivity (Wildman–Crippen MR) is 173 cm³/mol. The van der Waals surface area contributed by atoms with Gasteiger partial charge in [0.25, 0.3) is 0 Å². The molecule has 0 saturated heterocycles. The van der Waals surface area contributed by atoms with Gasteiger partial charge in [-0.1, -0.05) is 0 Å². The van der Waals surface area contributed by atoms with Crippen molar-refractivity contribution in [3.63, 3.8) is 0 Å². The Morgan fingerprint density at radius 3 is 1.54 bits per heavy atom. The first kappa shape index (κ1) is 27.6. The van der Waals surface area contributed by atoms with Gasteiger partial charge in [0.05, 0.1) is 0 Å². The standard InChI is InChI=1S/C35H25O3PSSe/c36-39(37,38)31-18-16-30(17-19-31)35-24-26(23-34(41-35)29-14-8-3-9-15-29)20-25-21-32(27-10-4-1-5-11-27)40-33(22-25)28-12-6-2-7-13-28/h1-24H,(H-,36,37,38). The molecule has 3 nitrogen and oxygen atoms in total. The Morgan fingerprint density at radius 2 is 1.07 bits per heavy atom. The van der Waals surface area contributed by atoms with Crippen molar-refractivity contribution in [1.82, 2.24) is 0 Å². The van der Waals surface area contributed by atoms with Crippen LogP contribution in [0.15, 0.2) is 145 Å². The van der Waals surface area contributed by atoms with Gasteiger partial charge in [0.15, 0.2) is 0 Å². The van der Waals surface area contributed by atoms with E-state index in [1.165, 1.54) is 43.1 Å². The number of hydrogen-bond acceptors (Lipinski definition) is 3. The van der Waals surface area contributed by atoms with Gasteiger partial charge in [0.1, 0.15) is 0 Å². The minimum absolute atomic E-state index is 0.00372. The molecular formula is C35H25O3PSSe. The minimum atomic E-state index is -4.54. The summed E-state index contributed by atoms with van der Waals surface area (Å²) in [5.41, 5.74) is 6.65. The molecule has 0 amide bonds. The van der Waals surface area contributed by atoms with Crippen molar-refractivity contribution in [1.29, 1.82) is 0 Å². The quantitative estimate of drug-likeness (QED) is 0.153. The zero-order valence-corrected chi connectivity index (χ0v) is 25.3. The molecule has 4 aromatic carbocycles. The molecule has 0 spiro atoms. The van der Waals surface area contributed by atoms with E-state index >= 15 is 0 Å². The number of thioether (sulfide) groups is 1. The summed E-state index contributed by atoms with van der Waals surface area (Å²) in [6.45, 7) is 0. The third-order valence-corrected chi connectivity index (χ3v) is 11.1. The normalized spacial score (nSPS) is 14.5. The Balaban J connectivity index is 1.48. The Morgan fingerprint density at radius 1 is 0.634 bits per heavy atom. The average molecular weight is 636 g/mol. The van der Waals surface area contributed by atoms with Crippen LogP contribution >= 0.6 is 19.4 Å². The molecule has 2 heterocycles. The number of rotatable bonds is 6. The SMILES string of the molecule is O=P([O-])(O)c1ccc(-c2cc(C=C3C=C(c4ccccc4)SC(c4ccccc4)=C3)cc(-c3ccccc3)[se+]2)cc1. The van der Waals surface area contributed by atoms with E-state index in [9.17, 15) is 14.4 Å². The van der Waals surface area contributed by atoms with Crippen LogP contribution in [-0.2, 0) is 4.57 Å². The van der Waals surface area contributed by atoms with Crippen molar-refractivity contribution >= 4 is 55.1 Å². The van der Waals surface area contributed by atoms with Gasteiger partial charge in [-0.2, -0.15) is 0 Å². The van der Waals surface area contributed by atoms with Crippen molar-refractivity contribution in [3.8, 4) is 20.0 Å². The van der Waals surface area contributed by atoms with E-state index in [1.54, 1.807) is 23.9 Å². The van der Waals surface area contributed by atoms with Gasteiger partial charge < -0.3 is 0 Å². The van der Waals surface area contributed by atoms with Crippen molar-refractivity contribution < 1.29 is 14.4 Å². The van der Waals surface area contributed by atoms with Crippen molar-refractivity contribution in [2.24, 2.45) is 0 Å². The van der Waals surface area contributed by atoms with Crippen LogP contribution in [0.4, 0.5) is 0 Å². The Labute approximate surface area is 250 Å². The average Bonchev–Trinajstić information content (AvgIpc) is 3.02. The Hall–Kier alpha value is -3.53. The van der Waals surface area contributed by atoms with E-state index in [4.69, 9.17) is 0 Å². The summed E-state index contributed by atoms with van der Waals surface area (Å²) in [6, 6.07) is 42.2. The molecule has 1 aliphatic heterocycles. The number of allylic oxidation sites excluding steroid dienone is 3. The molecule has 6 rings (SSSR count). The summed E-state index contributed by atoms with van der Waals surface area (Å²) in [5.74, 6) is 0. The molecule has 5 aromatic rings. The monoisotopic (exact) mass is 636 g/mol. The number of hydrogen-bond donors (Lipinski definition) is 1. The van der Waals surface area contributed by atoms with Gasteiger partial charge in [0, 0.05) is 0 Å². The molecule has 0 fully saturated rings. The van der Waals surface area contributed by atoms with Crippen LogP contribution in [0.3, 0.4) is 0 Å². The second-order valence-corrected chi connectivity index (χ2v) is 14.5. The van der Waals surface area contributed by atoms with Crippen LogP contribution in [0, 0.1) is 0 Å². The Kier molecular flexibility index (Phi) is 8.18. The third kappa shape index (κ3) is 6.69. The fourth-order valence-electron chi connectivity index (χ4n) is 4.59. The molecular weight excluding hydrogens is 610 g/mol. The fraction of sp³-hybridized carbons (Fsp3) is 0. The zero-order chi connectivity index (χ0) is 28.2. The second-order valence-electron chi connectivity index (χ2n) is 9.55. The summed E-state index contributed by atoms with van der Waals surface area (Å²) >= 11 is 1.78. The first-order valence-corrected chi connectivity index (χ1v) is 17.2. The summed E-state index contributed by atoms with van der Waals surface area (Å²) < 4.78 is 14.0. The van der Waals surface area contributed by atoms with E-state index in [2.05, 4.69) is 91.0 Å². The summed E-state index contributed by atoms with van der Waals surface area (Å²) in [4.78, 5) is 23.5. The van der Waals surface area contributed by atoms with Crippen molar-refractivity contribution in [2.45, 2.75) is 0 Å². The van der Waals surface area contributed by atoms with Gasteiger partial charge in [-0.25, -0.2) is 0 Å². The molecule has 0 radical (unpaired) electrons. The van der Waals surface area contributed by atoms with Crippen LogP contribution in [-0.4, -0.2) is 19.4 Å². The van der Waals surface area contributed by atoms with Crippen molar-refractivity contribution in [3.05, 3.63) is 162 Å². The van der Waals surface area contributed by atoms with Crippen LogP contribution in [0.2, 0.25) is 0 Å². The van der Waals surface area contributed by atoms with E-state index in [0.717, 1.165) is 21.1 Å². The van der Waals surface area contributed by atoms with E-state index in [1.807, 2.05) is 30.3 Å². The van der Waals surface area contributed by atoms with E-state index in [0.29, 0.717) is 0 Å². The summed E-state index contributed by atoms with van der Waals surface area (Å²) in [6.07, 6.45) is 6.70. The number of benzene rings is 4. The first-order chi connectivity index (χ1) is 19.9. The van der Waals surface area contributed by atoms with Crippen LogP contribution in [0.25, 0.3) is 35.9 Å². The molecule has 1 N–H and O–H groups in total. The zero-order valence-electron chi connectivity index (χ0n) is 21.9. The predicted octanol–water partition coefficient (Wildman–Crippen LogP) is 7.74. The molecule has 41 heavy (non-hydrogen) atoms. The molecule has 0 saturated carbocycles. The van der Waals surface area contributed by atoms with E-state index < -0.39 is 7.60 Å². The molecule has 0 aliphatic carbocycles. The van der Waals surface area contributed by atoms with Gasteiger partial charge in [0.2, 0.25) is 0 Å². The molecule has 1 atom stereocenters. The molecule has 200 valence electrons. The van der Waals surface area contributed by atoms with Gasteiger partial charge >= 0.3 is 251 Å². The maximum atomic E-state index is 11.6. The van der Waals surface area contributed by atoms with Crippen LogP contribution in [0.1, 0.15) is 16.7 Å². The third-order valence-electron chi connectivity index (χ3n) is 6.62. The van der Waals surface area contributed by atoms with Gasteiger partial charge in [-0.15, -0.1) is 0 Å². The first-order valence-electron chi connectivity index (χ1n) is 13.0. The van der Waals surface area contributed by atoms with Gasteiger partial charge in [-0.05, 0) is 0 Å². The van der Waals surface area contributed by atoms with Crippen LogP contribution in [0.5, 0.6) is 0 Å². The fourth-order valence-corrected chi connectivity index (χ4v) is 8.63. The molecule has 6 heteroatoms. The molecule has 1 aliphatic rings. The summed E-state index contributed by atoms with van der Waals surface area (Å²) in [7, 11) is -4.54. The summed E-state index contributed by atoms with van der Waals surface area (Å²) in [5, 5.41) is -0.0767. The van der Waals surface area contributed by atoms with Crippen LogP contribution < -0.4 is 10.2 Å². The topological polar surface area (TPSA) is 60.4 Å². The van der Waals surface area contributed by atoms with Crippen molar-refractivity contribution in [2.75, 3.05) is 0 Å². The molecule has 0 bridgehead atoms.